The van der Waals surface area contributed by atoms with E-state index < -0.39 is 0 Å². The van der Waals surface area contributed by atoms with Crippen LogP contribution in [-0.2, 0) is 4.74 Å². The number of Topliss-reactive ketones (excluding diaryl/α,β-unsaturated/α-hetero) is 1. The third kappa shape index (κ3) is 2.82. The molecule has 1 aromatic heterocycles. The Hall–Kier alpha value is -1.42. The zero-order valence-corrected chi connectivity index (χ0v) is 10.3. The van der Waals surface area contributed by atoms with Crippen LogP contribution < -0.4 is 4.90 Å². The van der Waals surface area contributed by atoms with Crippen LogP contribution in [0.15, 0.2) is 18.3 Å². The van der Waals surface area contributed by atoms with Crippen LogP contribution in [0.25, 0.3) is 0 Å². The first kappa shape index (κ1) is 12.0. The lowest BCUT2D eigenvalue weighted by Crippen LogP contribution is -2.37. The third-order valence-corrected chi connectivity index (χ3v) is 3.25. The van der Waals surface area contributed by atoms with Crippen LogP contribution in [0.5, 0.6) is 0 Å². The van der Waals surface area contributed by atoms with Gasteiger partial charge in [-0.05, 0) is 31.9 Å². The zero-order chi connectivity index (χ0) is 12.3. The number of pyridine rings is 1. The van der Waals surface area contributed by atoms with Gasteiger partial charge in [0.15, 0.2) is 5.78 Å². The Morgan fingerprint density at radius 2 is 2.12 bits per heavy atom. The SMILES string of the molecule is COC1CCN(c2ccc(C(C)=O)cn2)CC1. The summed E-state index contributed by atoms with van der Waals surface area (Å²) in [5.74, 6) is 1.01. The number of hydrogen-bond acceptors (Lipinski definition) is 4. The number of hydrogen-bond donors (Lipinski definition) is 0. The quantitative estimate of drug-likeness (QED) is 0.749. The minimum atomic E-state index is 0.0575. The summed E-state index contributed by atoms with van der Waals surface area (Å²) in [7, 11) is 1.76. The van der Waals surface area contributed by atoms with Crippen molar-refractivity contribution in [3.05, 3.63) is 23.9 Å². The Morgan fingerprint density at radius 3 is 2.59 bits per heavy atom. The Morgan fingerprint density at radius 1 is 1.41 bits per heavy atom. The van der Waals surface area contributed by atoms with Crippen LogP contribution in [0.2, 0.25) is 0 Å². The van der Waals surface area contributed by atoms with Gasteiger partial charge in [-0.1, -0.05) is 0 Å². The van der Waals surface area contributed by atoms with E-state index in [2.05, 4.69) is 9.88 Å². The van der Waals surface area contributed by atoms with Crippen molar-refractivity contribution < 1.29 is 9.53 Å². The first-order valence-corrected chi connectivity index (χ1v) is 5.95. The van der Waals surface area contributed by atoms with Crippen molar-refractivity contribution in [3.63, 3.8) is 0 Å². The van der Waals surface area contributed by atoms with Gasteiger partial charge >= 0.3 is 0 Å². The minimum absolute atomic E-state index is 0.0575. The molecule has 0 aliphatic carbocycles. The molecule has 4 heteroatoms. The summed E-state index contributed by atoms with van der Waals surface area (Å²) in [5.41, 5.74) is 0.667. The predicted molar refractivity (Wildman–Crippen MR) is 66.5 cm³/mol. The molecule has 0 spiro atoms. The average Bonchev–Trinajstić information content (AvgIpc) is 2.39. The second-order valence-electron chi connectivity index (χ2n) is 4.38. The van der Waals surface area contributed by atoms with Gasteiger partial charge in [-0.2, -0.15) is 0 Å². The number of ketones is 1. The Balaban J connectivity index is 2.01. The van der Waals surface area contributed by atoms with Crippen molar-refractivity contribution in [3.8, 4) is 0 Å². The Bertz CT molecular complexity index is 381. The molecule has 0 radical (unpaired) electrons. The zero-order valence-electron chi connectivity index (χ0n) is 10.3. The van der Waals surface area contributed by atoms with Gasteiger partial charge in [0, 0.05) is 32.0 Å². The van der Waals surface area contributed by atoms with E-state index in [4.69, 9.17) is 4.74 Å². The van der Waals surface area contributed by atoms with Gasteiger partial charge in [0.1, 0.15) is 5.82 Å². The second kappa shape index (κ2) is 5.27. The van der Waals surface area contributed by atoms with E-state index in [1.807, 2.05) is 12.1 Å². The fraction of sp³-hybridized carbons (Fsp3) is 0.538. The standard InChI is InChI=1S/C13H18N2O2/c1-10(16)11-3-4-13(14-9-11)15-7-5-12(17-2)6-8-15/h3-4,9,12H,5-8H2,1-2H3. The van der Waals surface area contributed by atoms with Gasteiger partial charge in [-0.3, -0.25) is 4.79 Å². The maximum Gasteiger partial charge on any atom is 0.161 e. The molecular formula is C13H18N2O2. The molecule has 1 aliphatic rings. The number of carbonyl (C=O) groups excluding carboxylic acids is 1. The molecule has 2 heterocycles. The summed E-state index contributed by atoms with van der Waals surface area (Å²) < 4.78 is 5.33. The van der Waals surface area contributed by atoms with Crippen molar-refractivity contribution in [1.82, 2.24) is 4.98 Å². The predicted octanol–water partition coefficient (Wildman–Crippen LogP) is 1.90. The molecule has 1 saturated heterocycles. The number of piperidine rings is 1. The van der Waals surface area contributed by atoms with Gasteiger partial charge in [-0.25, -0.2) is 4.98 Å². The van der Waals surface area contributed by atoms with Gasteiger partial charge in [0.05, 0.1) is 6.10 Å². The minimum Gasteiger partial charge on any atom is -0.381 e. The van der Waals surface area contributed by atoms with Crippen molar-refractivity contribution in [2.75, 3.05) is 25.1 Å². The Kier molecular flexibility index (Phi) is 3.74. The van der Waals surface area contributed by atoms with Gasteiger partial charge < -0.3 is 9.64 Å². The van der Waals surface area contributed by atoms with E-state index in [9.17, 15) is 4.79 Å². The molecular weight excluding hydrogens is 216 g/mol. The summed E-state index contributed by atoms with van der Waals surface area (Å²) >= 11 is 0. The summed E-state index contributed by atoms with van der Waals surface area (Å²) in [5, 5.41) is 0. The number of rotatable bonds is 3. The normalized spacial score (nSPS) is 17.2. The molecule has 2 rings (SSSR count). The lowest BCUT2D eigenvalue weighted by molar-refractivity contribution is 0.0818. The molecule has 0 atom stereocenters. The maximum absolute atomic E-state index is 11.1. The van der Waals surface area contributed by atoms with Crippen LogP contribution >= 0.6 is 0 Å². The van der Waals surface area contributed by atoms with Crippen LogP contribution in [-0.4, -0.2) is 37.1 Å². The highest BCUT2D eigenvalue weighted by atomic mass is 16.5. The largest absolute Gasteiger partial charge is 0.381 e. The molecule has 0 aromatic carbocycles. The number of methoxy groups -OCH3 is 1. The summed E-state index contributed by atoms with van der Waals surface area (Å²) in [6.45, 7) is 3.48. The van der Waals surface area contributed by atoms with E-state index in [0.29, 0.717) is 11.7 Å². The van der Waals surface area contributed by atoms with Crippen molar-refractivity contribution in [1.29, 1.82) is 0 Å². The average molecular weight is 234 g/mol. The molecule has 0 N–H and O–H groups in total. The monoisotopic (exact) mass is 234 g/mol. The number of aromatic nitrogens is 1. The molecule has 4 nitrogen and oxygen atoms in total. The number of anilines is 1. The molecule has 17 heavy (non-hydrogen) atoms. The molecule has 1 fully saturated rings. The highest BCUT2D eigenvalue weighted by Crippen LogP contribution is 2.19. The van der Waals surface area contributed by atoms with Crippen LogP contribution in [0.1, 0.15) is 30.1 Å². The molecule has 0 unspecified atom stereocenters. The molecule has 92 valence electrons. The molecule has 0 amide bonds. The highest BCUT2D eigenvalue weighted by molar-refractivity contribution is 5.93. The summed E-state index contributed by atoms with van der Waals surface area (Å²) in [4.78, 5) is 17.7. The lowest BCUT2D eigenvalue weighted by atomic mass is 10.1. The maximum atomic E-state index is 11.1. The van der Waals surface area contributed by atoms with Crippen LogP contribution in [0.3, 0.4) is 0 Å². The fourth-order valence-electron chi connectivity index (χ4n) is 2.10. The molecule has 1 aliphatic heterocycles. The topological polar surface area (TPSA) is 42.4 Å². The summed E-state index contributed by atoms with van der Waals surface area (Å²) in [6.07, 6.45) is 4.10. The first-order chi connectivity index (χ1) is 8.20. The van der Waals surface area contributed by atoms with Gasteiger partial charge in [0.2, 0.25) is 0 Å². The molecule has 0 bridgehead atoms. The van der Waals surface area contributed by atoms with Crippen molar-refractivity contribution in [2.45, 2.75) is 25.9 Å². The van der Waals surface area contributed by atoms with E-state index >= 15 is 0 Å². The number of ether oxygens (including phenoxy) is 1. The van der Waals surface area contributed by atoms with Crippen LogP contribution in [0.4, 0.5) is 5.82 Å². The number of carbonyl (C=O) groups is 1. The fourth-order valence-corrected chi connectivity index (χ4v) is 2.10. The van der Waals surface area contributed by atoms with Crippen molar-refractivity contribution in [2.24, 2.45) is 0 Å². The smallest absolute Gasteiger partial charge is 0.161 e. The van der Waals surface area contributed by atoms with E-state index in [0.717, 1.165) is 31.7 Å². The third-order valence-electron chi connectivity index (χ3n) is 3.25. The van der Waals surface area contributed by atoms with E-state index in [1.54, 1.807) is 20.2 Å². The van der Waals surface area contributed by atoms with E-state index in [-0.39, 0.29) is 5.78 Å². The lowest BCUT2D eigenvalue weighted by Gasteiger charge is -2.32. The summed E-state index contributed by atoms with van der Waals surface area (Å²) in [6, 6.07) is 3.76. The van der Waals surface area contributed by atoms with Crippen molar-refractivity contribution >= 4 is 11.6 Å². The highest BCUT2D eigenvalue weighted by Gasteiger charge is 2.19. The second-order valence-corrected chi connectivity index (χ2v) is 4.38. The van der Waals surface area contributed by atoms with Crippen LogP contribution in [0, 0.1) is 0 Å². The number of nitrogens with zero attached hydrogens (tertiary/aromatic N) is 2. The molecule has 1 aromatic rings. The van der Waals surface area contributed by atoms with Gasteiger partial charge in [-0.15, -0.1) is 0 Å². The Labute approximate surface area is 102 Å². The van der Waals surface area contributed by atoms with Gasteiger partial charge in [0.25, 0.3) is 0 Å². The molecule has 0 saturated carbocycles. The first-order valence-electron chi connectivity index (χ1n) is 5.95. The van der Waals surface area contributed by atoms with E-state index in [1.165, 1.54) is 0 Å².